The fourth-order valence-corrected chi connectivity index (χ4v) is 4.06. The van der Waals surface area contributed by atoms with Crippen molar-refractivity contribution in [3.63, 3.8) is 0 Å². The Morgan fingerprint density at radius 3 is 2.71 bits per heavy atom. The molecule has 0 saturated carbocycles. The van der Waals surface area contributed by atoms with E-state index in [0.717, 1.165) is 5.56 Å². The van der Waals surface area contributed by atoms with Crippen molar-refractivity contribution >= 4 is 33.0 Å². The topological polar surface area (TPSA) is 46.2 Å². The van der Waals surface area contributed by atoms with E-state index in [1.54, 1.807) is 12.1 Å². The van der Waals surface area contributed by atoms with Crippen molar-refractivity contribution in [2.75, 3.05) is 11.5 Å². The van der Waals surface area contributed by atoms with E-state index in [0.29, 0.717) is 23.0 Å². The van der Waals surface area contributed by atoms with Crippen molar-refractivity contribution in [3.8, 4) is 0 Å². The van der Waals surface area contributed by atoms with Gasteiger partial charge in [-0.15, -0.1) is 0 Å². The highest BCUT2D eigenvalue weighted by Gasteiger charge is 2.27. The van der Waals surface area contributed by atoms with Gasteiger partial charge in [-0.2, -0.15) is 0 Å². The summed E-state index contributed by atoms with van der Waals surface area (Å²) in [5, 5.41) is 4.41. The van der Waals surface area contributed by atoms with Gasteiger partial charge in [0.1, 0.15) is 0 Å². The Morgan fingerprint density at radius 2 is 2.12 bits per heavy atom. The zero-order valence-corrected chi connectivity index (χ0v) is 11.4. The third-order valence-electron chi connectivity index (χ3n) is 2.83. The number of hydrogen-bond donors (Lipinski definition) is 1. The summed E-state index contributed by atoms with van der Waals surface area (Å²) in [7, 11) is -2.83. The van der Waals surface area contributed by atoms with Gasteiger partial charge in [0, 0.05) is 22.6 Å². The molecule has 0 unspecified atom stereocenters. The summed E-state index contributed by atoms with van der Waals surface area (Å²) in [6.07, 6.45) is 0.674. The fraction of sp³-hybridized carbons (Fsp3) is 0.455. The molecule has 17 heavy (non-hydrogen) atoms. The van der Waals surface area contributed by atoms with Crippen LogP contribution < -0.4 is 5.32 Å². The number of nitrogens with one attached hydrogen (secondary N) is 1. The largest absolute Gasteiger partial charge is 0.309 e. The lowest BCUT2D eigenvalue weighted by Gasteiger charge is -2.11. The van der Waals surface area contributed by atoms with Crippen LogP contribution >= 0.6 is 23.2 Å². The molecule has 1 N–H and O–H groups in total. The highest BCUT2D eigenvalue weighted by Crippen LogP contribution is 2.21. The minimum Gasteiger partial charge on any atom is -0.309 e. The van der Waals surface area contributed by atoms with Crippen molar-refractivity contribution < 1.29 is 8.42 Å². The fourth-order valence-electron chi connectivity index (χ4n) is 1.88. The van der Waals surface area contributed by atoms with Gasteiger partial charge in [-0.05, 0) is 24.1 Å². The first kappa shape index (κ1) is 13.1. The molecule has 6 heteroatoms. The second-order valence-corrected chi connectivity index (χ2v) is 7.29. The highest BCUT2D eigenvalue weighted by atomic mass is 35.5. The summed E-state index contributed by atoms with van der Waals surface area (Å²) in [6, 6.07) is 5.34. The van der Waals surface area contributed by atoms with E-state index >= 15 is 0 Å². The second-order valence-electron chi connectivity index (χ2n) is 4.22. The van der Waals surface area contributed by atoms with Crippen LogP contribution in [0, 0.1) is 0 Å². The van der Waals surface area contributed by atoms with E-state index in [1.807, 2.05) is 6.07 Å². The number of halogens is 2. The van der Waals surface area contributed by atoms with Crippen LogP contribution in [0.15, 0.2) is 18.2 Å². The van der Waals surface area contributed by atoms with Gasteiger partial charge in [0.2, 0.25) is 0 Å². The molecule has 1 atom stereocenters. The standard InChI is InChI=1S/C11H13Cl2NO2S/c12-9-2-1-8(11(13)5-9)6-14-10-3-4-17(15,16)7-10/h1-2,5,10,14H,3-4,6-7H2/t10-/m1/s1. The van der Waals surface area contributed by atoms with Crippen LogP contribution in [0.4, 0.5) is 0 Å². The number of sulfone groups is 1. The lowest BCUT2D eigenvalue weighted by molar-refractivity contribution is 0.554. The van der Waals surface area contributed by atoms with Crippen molar-refractivity contribution in [2.45, 2.75) is 19.0 Å². The summed E-state index contributed by atoms with van der Waals surface area (Å²) >= 11 is 11.8. The van der Waals surface area contributed by atoms with Crippen molar-refractivity contribution in [2.24, 2.45) is 0 Å². The van der Waals surface area contributed by atoms with Gasteiger partial charge < -0.3 is 5.32 Å². The monoisotopic (exact) mass is 293 g/mol. The molecule has 1 aliphatic rings. The maximum atomic E-state index is 11.3. The van der Waals surface area contributed by atoms with E-state index < -0.39 is 9.84 Å². The Kier molecular flexibility index (Phi) is 3.98. The molecular formula is C11H13Cl2NO2S. The Bertz CT molecular complexity index is 516. The van der Waals surface area contributed by atoms with Gasteiger partial charge in [-0.1, -0.05) is 29.3 Å². The number of hydrogen-bond acceptors (Lipinski definition) is 3. The first-order valence-corrected chi connectivity index (χ1v) is 7.92. The van der Waals surface area contributed by atoms with Crippen LogP contribution in [0.3, 0.4) is 0 Å². The lowest BCUT2D eigenvalue weighted by Crippen LogP contribution is -2.29. The smallest absolute Gasteiger partial charge is 0.151 e. The first-order chi connectivity index (χ1) is 7.96. The van der Waals surface area contributed by atoms with Crippen LogP contribution in [0.2, 0.25) is 10.0 Å². The lowest BCUT2D eigenvalue weighted by atomic mass is 10.2. The summed E-state index contributed by atoms with van der Waals surface area (Å²) in [6.45, 7) is 0.566. The SMILES string of the molecule is O=S1(=O)CC[C@@H](NCc2ccc(Cl)cc2Cl)C1. The molecule has 0 amide bonds. The molecule has 0 spiro atoms. The maximum absolute atomic E-state index is 11.3. The Hall–Kier alpha value is -0.290. The van der Waals surface area contributed by atoms with Crippen LogP contribution in [0.25, 0.3) is 0 Å². The zero-order valence-electron chi connectivity index (χ0n) is 9.12. The van der Waals surface area contributed by atoms with Crippen molar-refractivity contribution in [1.29, 1.82) is 0 Å². The average Bonchev–Trinajstić information content (AvgIpc) is 2.57. The maximum Gasteiger partial charge on any atom is 0.151 e. The van der Waals surface area contributed by atoms with Crippen LogP contribution in [-0.4, -0.2) is 26.0 Å². The molecule has 0 bridgehead atoms. The van der Waals surface area contributed by atoms with Gasteiger partial charge in [0.05, 0.1) is 11.5 Å². The van der Waals surface area contributed by atoms with E-state index in [9.17, 15) is 8.42 Å². The Morgan fingerprint density at radius 1 is 1.35 bits per heavy atom. The minimum atomic E-state index is -2.83. The van der Waals surface area contributed by atoms with Crippen LogP contribution in [0.1, 0.15) is 12.0 Å². The van der Waals surface area contributed by atoms with Crippen molar-refractivity contribution in [1.82, 2.24) is 5.32 Å². The normalized spacial score (nSPS) is 22.8. The van der Waals surface area contributed by atoms with E-state index in [-0.39, 0.29) is 17.5 Å². The quantitative estimate of drug-likeness (QED) is 0.930. The number of benzene rings is 1. The summed E-state index contributed by atoms with van der Waals surface area (Å²) in [5.41, 5.74) is 0.931. The molecule has 1 fully saturated rings. The molecule has 94 valence electrons. The third kappa shape index (κ3) is 3.58. The Labute approximate surface area is 111 Å². The van der Waals surface area contributed by atoms with Gasteiger partial charge in [-0.25, -0.2) is 8.42 Å². The predicted octanol–water partition coefficient (Wildman–Crippen LogP) is 2.27. The third-order valence-corrected chi connectivity index (χ3v) is 5.18. The van der Waals surface area contributed by atoms with Gasteiger partial charge in [0.15, 0.2) is 9.84 Å². The summed E-state index contributed by atoms with van der Waals surface area (Å²) in [4.78, 5) is 0. The molecule has 1 aliphatic heterocycles. The predicted molar refractivity (Wildman–Crippen MR) is 70.4 cm³/mol. The molecule has 2 rings (SSSR count). The molecule has 0 radical (unpaired) electrons. The molecule has 3 nitrogen and oxygen atoms in total. The van der Waals surface area contributed by atoms with E-state index in [2.05, 4.69) is 5.32 Å². The molecule has 0 aromatic heterocycles. The minimum absolute atomic E-state index is 0.0340. The zero-order chi connectivity index (χ0) is 12.5. The molecule has 1 heterocycles. The first-order valence-electron chi connectivity index (χ1n) is 5.34. The molecule has 1 saturated heterocycles. The molecular weight excluding hydrogens is 281 g/mol. The van der Waals surface area contributed by atoms with Crippen LogP contribution in [0.5, 0.6) is 0 Å². The van der Waals surface area contributed by atoms with Gasteiger partial charge in [0.25, 0.3) is 0 Å². The summed E-state index contributed by atoms with van der Waals surface area (Å²) in [5.74, 6) is 0.497. The van der Waals surface area contributed by atoms with Crippen molar-refractivity contribution in [3.05, 3.63) is 33.8 Å². The highest BCUT2D eigenvalue weighted by molar-refractivity contribution is 7.91. The van der Waals surface area contributed by atoms with E-state index in [4.69, 9.17) is 23.2 Å². The van der Waals surface area contributed by atoms with Crippen LogP contribution in [-0.2, 0) is 16.4 Å². The van der Waals surface area contributed by atoms with Gasteiger partial charge >= 0.3 is 0 Å². The molecule has 0 aliphatic carbocycles. The average molecular weight is 294 g/mol. The Balaban J connectivity index is 1.95. The second kappa shape index (κ2) is 5.14. The molecule has 1 aromatic rings. The van der Waals surface area contributed by atoms with Gasteiger partial charge in [-0.3, -0.25) is 0 Å². The molecule has 1 aromatic carbocycles. The van der Waals surface area contributed by atoms with E-state index in [1.165, 1.54) is 0 Å². The summed E-state index contributed by atoms with van der Waals surface area (Å²) < 4.78 is 22.6. The number of rotatable bonds is 3.